The van der Waals surface area contributed by atoms with Gasteiger partial charge >= 0.3 is 0 Å². The van der Waals surface area contributed by atoms with Crippen LogP contribution < -0.4 is 0 Å². The zero-order valence-corrected chi connectivity index (χ0v) is 32.2. The molecular formula is C52H30N6S. The molecule has 0 saturated heterocycles. The summed E-state index contributed by atoms with van der Waals surface area (Å²) in [5.41, 5.74) is 12.1. The van der Waals surface area contributed by atoms with Crippen LogP contribution in [0.1, 0.15) is 0 Å². The Hall–Kier alpha value is -7.74. The van der Waals surface area contributed by atoms with Gasteiger partial charge in [-0.2, -0.15) is 8.75 Å². The molecule has 0 N–H and O–H groups in total. The molecule has 4 aromatic heterocycles. The first-order chi connectivity index (χ1) is 29.3. The van der Waals surface area contributed by atoms with Crippen molar-refractivity contribution in [1.29, 1.82) is 0 Å². The number of nitrogens with zero attached hydrogens (tertiary/aromatic N) is 6. The number of rotatable bonds is 4. The van der Waals surface area contributed by atoms with Crippen molar-refractivity contribution >= 4 is 98.8 Å². The number of benzene rings is 9. The van der Waals surface area contributed by atoms with Gasteiger partial charge in [0.15, 0.2) is 0 Å². The largest absolute Gasteiger partial charge is 0.308 e. The van der Waals surface area contributed by atoms with Crippen LogP contribution in [0.15, 0.2) is 182 Å². The average Bonchev–Trinajstić information content (AvgIpc) is 4.02. The molecule has 59 heavy (non-hydrogen) atoms. The number of aromatic nitrogens is 6. The minimum atomic E-state index is 0.607. The predicted molar refractivity (Wildman–Crippen MR) is 245 cm³/mol. The molecule has 0 bridgehead atoms. The van der Waals surface area contributed by atoms with Gasteiger partial charge in [0.2, 0.25) is 5.95 Å². The topological polar surface area (TPSA) is 61.4 Å². The van der Waals surface area contributed by atoms with Crippen molar-refractivity contribution in [3.05, 3.63) is 182 Å². The molecule has 7 heteroatoms. The molecule has 0 fully saturated rings. The second-order valence-electron chi connectivity index (χ2n) is 15.1. The first-order valence-electron chi connectivity index (χ1n) is 19.7. The lowest BCUT2D eigenvalue weighted by Crippen LogP contribution is -2.04. The predicted octanol–water partition coefficient (Wildman–Crippen LogP) is 13.5. The summed E-state index contributed by atoms with van der Waals surface area (Å²) in [4.78, 5) is 10.9. The maximum atomic E-state index is 5.48. The first-order valence-corrected chi connectivity index (χ1v) is 20.5. The fourth-order valence-corrected chi connectivity index (χ4v) is 10.0. The first kappa shape index (κ1) is 32.4. The van der Waals surface area contributed by atoms with Gasteiger partial charge in [0.05, 0.1) is 45.0 Å². The molecule has 0 unspecified atom stereocenters. The summed E-state index contributed by atoms with van der Waals surface area (Å²) in [6, 6.07) is 64.6. The summed E-state index contributed by atoms with van der Waals surface area (Å²) in [6.45, 7) is 0. The smallest absolute Gasteiger partial charge is 0.235 e. The van der Waals surface area contributed by atoms with Crippen LogP contribution >= 0.6 is 11.7 Å². The molecule has 0 aliphatic rings. The Bertz CT molecular complexity index is 3840. The molecule has 0 atom stereocenters. The minimum Gasteiger partial charge on any atom is -0.308 e. The summed E-state index contributed by atoms with van der Waals surface area (Å²) in [6.07, 6.45) is 0. The molecule has 0 radical (unpaired) electrons. The number of hydrogen-bond acceptors (Lipinski definition) is 5. The molecule has 0 spiro atoms. The molecule has 13 rings (SSSR count). The standard InChI is InChI=1S/C52H30N6S/c1-3-16-33(17-4-1)46-41-29-27-31-14-7-9-20-35(31)47(41)54-52(53-46)58-43-25-12-11-22-40(43)45-44(58)30-42(48-49(45)56-59-55-48)38-24-13-23-37-39-28-26-32-15-8-10-21-36(32)50(39)57(51(37)38)34-18-5-2-6-19-34/h1-30H. The normalized spacial score (nSPS) is 12.1. The van der Waals surface area contributed by atoms with Gasteiger partial charge in [-0.1, -0.05) is 152 Å². The van der Waals surface area contributed by atoms with Crippen LogP contribution in [0.4, 0.5) is 0 Å². The number of para-hydroxylation sites is 3. The van der Waals surface area contributed by atoms with E-state index in [0.717, 1.165) is 88.1 Å². The summed E-state index contributed by atoms with van der Waals surface area (Å²) < 4.78 is 14.8. The van der Waals surface area contributed by atoms with E-state index in [0.29, 0.717) is 5.95 Å². The Morgan fingerprint density at radius 1 is 0.390 bits per heavy atom. The quantitative estimate of drug-likeness (QED) is 0.167. The van der Waals surface area contributed by atoms with E-state index in [1.807, 2.05) is 6.07 Å². The van der Waals surface area contributed by atoms with Crippen molar-refractivity contribution < 1.29 is 0 Å². The molecule has 274 valence electrons. The van der Waals surface area contributed by atoms with E-state index in [-0.39, 0.29) is 0 Å². The number of hydrogen-bond donors (Lipinski definition) is 0. The maximum Gasteiger partial charge on any atom is 0.235 e. The summed E-state index contributed by atoms with van der Waals surface area (Å²) in [5, 5.41) is 10.2. The highest BCUT2D eigenvalue weighted by atomic mass is 32.1. The van der Waals surface area contributed by atoms with E-state index in [9.17, 15) is 0 Å². The lowest BCUT2D eigenvalue weighted by atomic mass is 9.98. The van der Waals surface area contributed by atoms with Crippen LogP contribution in [0.3, 0.4) is 0 Å². The van der Waals surface area contributed by atoms with E-state index in [1.165, 1.54) is 38.8 Å². The van der Waals surface area contributed by atoms with Crippen molar-refractivity contribution in [3.63, 3.8) is 0 Å². The van der Waals surface area contributed by atoms with Gasteiger partial charge in [0.25, 0.3) is 0 Å². The third-order valence-electron chi connectivity index (χ3n) is 12.0. The molecule has 13 aromatic rings. The fraction of sp³-hybridized carbons (Fsp3) is 0. The van der Waals surface area contributed by atoms with Crippen LogP contribution in [0.25, 0.3) is 121 Å². The third-order valence-corrected chi connectivity index (χ3v) is 12.5. The van der Waals surface area contributed by atoms with Gasteiger partial charge in [-0.25, -0.2) is 9.97 Å². The zero-order valence-electron chi connectivity index (χ0n) is 31.4. The molecule has 9 aromatic carbocycles. The highest BCUT2D eigenvalue weighted by Crippen LogP contribution is 2.45. The molecule has 0 saturated carbocycles. The van der Waals surface area contributed by atoms with Crippen molar-refractivity contribution in [2.45, 2.75) is 0 Å². The molecule has 4 heterocycles. The zero-order chi connectivity index (χ0) is 38.6. The highest BCUT2D eigenvalue weighted by Gasteiger charge is 2.25. The third kappa shape index (κ3) is 4.62. The Labute approximate surface area is 341 Å². The van der Waals surface area contributed by atoms with Crippen LogP contribution in [0, 0.1) is 0 Å². The van der Waals surface area contributed by atoms with Crippen molar-refractivity contribution in [1.82, 2.24) is 27.8 Å². The van der Waals surface area contributed by atoms with Crippen molar-refractivity contribution in [3.8, 4) is 34.0 Å². The fourth-order valence-electron chi connectivity index (χ4n) is 9.45. The van der Waals surface area contributed by atoms with Crippen LogP contribution in [0.5, 0.6) is 0 Å². The van der Waals surface area contributed by atoms with Gasteiger partial charge in [-0.05, 0) is 41.1 Å². The van der Waals surface area contributed by atoms with Gasteiger partial charge in [0.1, 0.15) is 11.0 Å². The number of fused-ring (bicyclic) bond motifs is 13. The molecule has 6 nitrogen and oxygen atoms in total. The Morgan fingerprint density at radius 3 is 1.86 bits per heavy atom. The van der Waals surface area contributed by atoms with E-state index < -0.39 is 0 Å². The monoisotopic (exact) mass is 770 g/mol. The van der Waals surface area contributed by atoms with E-state index in [4.69, 9.17) is 18.7 Å². The highest BCUT2D eigenvalue weighted by molar-refractivity contribution is 7.00. The van der Waals surface area contributed by atoms with Crippen LogP contribution in [-0.2, 0) is 0 Å². The summed E-state index contributed by atoms with van der Waals surface area (Å²) in [7, 11) is 0. The average molecular weight is 771 g/mol. The SMILES string of the molecule is c1ccc(-c2nc(-n3c4ccccc4c4c5nsnc5c(-c5cccc6c7ccc8ccccc8c7n(-c7ccccc7)c56)cc43)nc3c2ccc2ccccc23)cc1. The van der Waals surface area contributed by atoms with Crippen LogP contribution in [0.2, 0.25) is 0 Å². The van der Waals surface area contributed by atoms with Crippen molar-refractivity contribution in [2.24, 2.45) is 0 Å². The molecular weight excluding hydrogens is 741 g/mol. The van der Waals surface area contributed by atoms with Crippen molar-refractivity contribution in [2.75, 3.05) is 0 Å². The Balaban J connectivity index is 1.19. The lowest BCUT2D eigenvalue weighted by molar-refractivity contribution is 1.02. The minimum absolute atomic E-state index is 0.607. The molecule has 0 aliphatic heterocycles. The Morgan fingerprint density at radius 2 is 1.03 bits per heavy atom. The molecule has 0 aliphatic carbocycles. The van der Waals surface area contributed by atoms with E-state index in [2.05, 4.69) is 185 Å². The van der Waals surface area contributed by atoms with E-state index in [1.54, 1.807) is 0 Å². The maximum absolute atomic E-state index is 5.48. The van der Waals surface area contributed by atoms with Gasteiger partial charge in [0, 0.05) is 60.1 Å². The summed E-state index contributed by atoms with van der Waals surface area (Å²) in [5.74, 6) is 0.607. The van der Waals surface area contributed by atoms with Gasteiger partial charge < -0.3 is 4.57 Å². The second kappa shape index (κ2) is 12.4. The summed E-state index contributed by atoms with van der Waals surface area (Å²) >= 11 is 1.26. The van der Waals surface area contributed by atoms with E-state index >= 15 is 0 Å². The lowest BCUT2D eigenvalue weighted by Gasteiger charge is -2.15. The van der Waals surface area contributed by atoms with Gasteiger partial charge in [-0.15, -0.1) is 0 Å². The van der Waals surface area contributed by atoms with Crippen LogP contribution in [-0.4, -0.2) is 27.8 Å². The Kier molecular flexibility index (Phi) is 6.79. The second-order valence-corrected chi connectivity index (χ2v) is 15.6. The van der Waals surface area contributed by atoms with Gasteiger partial charge in [-0.3, -0.25) is 4.57 Å². The molecule has 0 amide bonds.